The molecular weight excluding hydrogens is 248 g/mol. The zero-order chi connectivity index (χ0) is 14.7. The molecule has 110 valence electrons. The van der Waals surface area contributed by atoms with Crippen LogP contribution in [0.2, 0.25) is 0 Å². The number of anilines is 1. The summed E-state index contributed by atoms with van der Waals surface area (Å²) in [6, 6.07) is 6.43. The molecule has 1 aromatic carbocycles. The molecule has 2 rings (SSSR count). The largest absolute Gasteiger partial charge is 0.382 e. The first-order valence-electron chi connectivity index (χ1n) is 7.60. The third-order valence-corrected chi connectivity index (χ3v) is 4.49. The van der Waals surface area contributed by atoms with Crippen molar-refractivity contribution < 1.29 is 4.79 Å². The van der Waals surface area contributed by atoms with E-state index < -0.39 is 0 Å². The fraction of sp³-hybridized carbons (Fsp3) is 0.588. The lowest BCUT2D eigenvalue weighted by atomic mass is 9.79. The molecule has 1 aliphatic rings. The first-order chi connectivity index (χ1) is 9.51. The van der Waals surface area contributed by atoms with Gasteiger partial charge in [-0.25, -0.2) is 0 Å². The van der Waals surface area contributed by atoms with Gasteiger partial charge in [-0.1, -0.05) is 13.8 Å². The molecule has 0 spiro atoms. The van der Waals surface area contributed by atoms with Crippen LogP contribution in [-0.4, -0.2) is 19.0 Å². The van der Waals surface area contributed by atoms with Gasteiger partial charge in [-0.05, 0) is 61.8 Å². The summed E-state index contributed by atoms with van der Waals surface area (Å²) in [6.45, 7) is 6.74. The third-order valence-electron chi connectivity index (χ3n) is 4.49. The number of carbonyl (C=O) groups excluding carboxylic acids is 1. The number of hydrogen-bond acceptors (Lipinski definition) is 2. The van der Waals surface area contributed by atoms with E-state index in [4.69, 9.17) is 0 Å². The van der Waals surface area contributed by atoms with E-state index in [1.54, 1.807) is 7.05 Å². The van der Waals surface area contributed by atoms with Crippen LogP contribution in [0.4, 0.5) is 5.69 Å². The Bertz CT molecular complexity index is 484. The molecule has 1 aliphatic carbocycles. The van der Waals surface area contributed by atoms with Crippen LogP contribution >= 0.6 is 0 Å². The predicted molar refractivity (Wildman–Crippen MR) is 84.2 cm³/mol. The first-order valence-corrected chi connectivity index (χ1v) is 7.60. The summed E-state index contributed by atoms with van der Waals surface area (Å²) in [7, 11) is 1.66. The smallest absolute Gasteiger partial charge is 0.251 e. The Balaban J connectivity index is 2.08. The molecule has 0 radical (unpaired) electrons. The van der Waals surface area contributed by atoms with Crippen molar-refractivity contribution in [3.05, 3.63) is 29.3 Å². The van der Waals surface area contributed by atoms with Crippen molar-refractivity contribution >= 4 is 11.6 Å². The molecule has 0 aromatic heterocycles. The van der Waals surface area contributed by atoms with Crippen molar-refractivity contribution in [1.82, 2.24) is 5.32 Å². The molecule has 1 saturated carbocycles. The fourth-order valence-corrected chi connectivity index (χ4v) is 3.19. The van der Waals surface area contributed by atoms with Gasteiger partial charge in [0, 0.05) is 24.3 Å². The molecule has 3 nitrogen and oxygen atoms in total. The maximum absolute atomic E-state index is 11.6. The van der Waals surface area contributed by atoms with Crippen LogP contribution in [0, 0.1) is 18.8 Å². The highest BCUT2D eigenvalue weighted by Crippen LogP contribution is 2.31. The van der Waals surface area contributed by atoms with Crippen LogP contribution in [0.25, 0.3) is 0 Å². The lowest BCUT2D eigenvalue weighted by Gasteiger charge is -2.34. The molecule has 1 aromatic rings. The van der Waals surface area contributed by atoms with Gasteiger partial charge >= 0.3 is 0 Å². The lowest BCUT2D eigenvalue weighted by Crippen LogP contribution is -2.33. The molecule has 0 bridgehead atoms. The van der Waals surface area contributed by atoms with E-state index in [9.17, 15) is 4.79 Å². The molecule has 2 N–H and O–H groups in total. The maximum Gasteiger partial charge on any atom is 0.251 e. The normalized spacial score (nSPS) is 26.1. The highest BCUT2D eigenvalue weighted by Gasteiger charge is 2.25. The molecule has 0 saturated heterocycles. The molecule has 0 heterocycles. The van der Waals surface area contributed by atoms with Crippen molar-refractivity contribution in [1.29, 1.82) is 0 Å². The van der Waals surface area contributed by atoms with Gasteiger partial charge in [0.2, 0.25) is 0 Å². The van der Waals surface area contributed by atoms with Crippen LogP contribution in [-0.2, 0) is 0 Å². The van der Waals surface area contributed by atoms with Gasteiger partial charge in [0.05, 0.1) is 0 Å². The number of benzene rings is 1. The Morgan fingerprint density at radius 1 is 1.25 bits per heavy atom. The Hall–Kier alpha value is -1.51. The van der Waals surface area contributed by atoms with Gasteiger partial charge in [0.25, 0.3) is 5.91 Å². The average Bonchev–Trinajstić information content (AvgIpc) is 2.42. The van der Waals surface area contributed by atoms with Gasteiger partial charge in [-0.15, -0.1) is 0 Å². The zero-order valence-corrected chi connectivity index (χ0v) is 13.0. The van der Waals surface area contributed by atoms with Crippen molar-refractivity contribution in [2.75, 3.05) is 12.4 Å². The van der Waals surface area contributed by atoms with Crippen LogP contribution in [0.1, 0.15) is 49.0 Å². The Morgan fingerprint density at radius 3 is 2.60 bits per heavy atom. The summed E-state index contributed by atoms with van der Waals surface area (Å²) >= 11 is 0. The van der Waals surface area contributed by atoms with E-state index in [0.29, 0.717) is 12.0 Å². The summed E-state index contributed by atoms with van der Waals surface area (Å²) in [6.07, 6.45) is 3.84. The van der Waals surface area contributed by atoms with E-state index in [1.807, 2.05) is 18.2 Å². The van der Waals surface area contributed by atoms with Crippen LogP contribution in [0.15, 0.2) is 18.2 Å². The lowest BCUT2D eigenvalue weighted by molar-refractivity contribution is 0.0963. The number of hydrogen-bond donors (Lipinski definition) is 2. The summed E-state index contributed by atoms with van der Waals surface area (Å²) in [5.74, 6) is 1.52. The molecule has 0 aliphatic heterocycles. The van der Waals surface area contributed by atoms with Gasteiger partial charge < -0.3 is 10.6 Å². The third kappa shape index (κ3) is 3.33. The summed E-state index contributed by atoms with van der Waals surface area (Å²) in [5.41, 5.74) is 3.02. The molecular formula is C17H26N2O. The summed E-state index contributed by atoms with van der Waals surface area (Å²) in [5, 5.41) is 6.33. The topological polar surface area (TPSA) is 41.1 Å². The number of carbonyl (C=O) groups is 1. The van der Waals surface area contributed by atoms with Crippen molar-refractivity contribution in [2.45, 2.75) is 46.1 Å². The molecule has 3 unspecified atom stereocenters. The predicted octanol–water partition coefficient (Wildman–Crippen LogP) is 3.59. The molecule has 1 fully saturated rings. The Morgan fingerprint density at radius 2 is 2.00 bits per heavy atom. The maximum atomic E-state index is 11.6. The SMILES string of the molecule is CNC(=O)c1ccc(NC2CCC(C)CC2C)c(C)c1. The van der Waals surface area contributed by atoms with E-state index in [1.165, 1.54) is 19.3 Å². The van der Waals surface area contributed by atoms with Crippen molar-refractivity contribution in [2.24, 2.45) is 11.8 Å². The van der Waals surface area contributed by atoms with Gasteiger partial charge in [-0.2, -0.15) is 0 Å². The summed E-state index contributed by atoms with van der Waals surface area (Å²) in [4.78, 5) is 11.6. The minimum absolute atomic E-state index is 0.0282. The van der Waals surface area contributed by atoms with Crippen LogP contribution < -0.4 is 10.6 Å². The van der Waals surface area contributed by atoms with E-state index >= 15 is 0 Å². The number of amides is 1. The molecule has 20 heavy (non-hydrogen) atoms. The number of rotatable bonds is 3. The highest BCUT2D eigenvalue weighted by atomic mass is 16.1. The molecule has 3 atom stereocenters. The minimum Gasteiger partial charge on any atom is -0.382 e. The quantitative estimate of drug-likeness (QED) is 0.884. The minimum atomic E-state index is -0.0282. The van der Waals surface area contributed by atoms with Gasteiger partial charge in [-0.3, -0.25) is 4.79 Å². The zero-order valence-electron chi connectivity index (χ0n) is 13.0. The van der Waals surface area contributed by atoms with E-state index in [-0.39, 0.29) is 5.91 Å². The molecule has 1 amide bonds. The second kappa shape index (κ2) is 6.29. The first kappa shape index (κ1) is 14.9. The van der Waals surface area contributed by atoms with Crippen molar-refractivity contribution in [3.8, 4) is 0 Å². The fourth-order valence-electron chi connectivity index (χ4n) is 3.19. The standard InChI is InChI=1S/C17H26N2O/c1-11-5-7-15(12(2)9-11)19-16-8-6-14(10-13(16)3)17(20)18-4/h6,8,10-12,15,19H,5,7,9H2,1-4H3,(H,18,20). The van der Waals surface area contributed by atoms with Crippen LogP contribution in [0.5, 0.6) is 0 Å². The van der Waals surface area contributed by atoms with E-state index in [0.717, 1.165) is 22.7 Å². The number of nitrogens with one attached hydrogen (secondary N) is 2. The van der Waals surface area contributed by atoms with Gasteiger partial charge in [0.15, 0.2) is 0 Å². The Labute approximate surface area is 122 Å². The average molecular weight is 274 g/mol. The Kier molecular flexibility index (Phi) is 4.69. The second-order valence-corrected chi connectivity index (χ2v) is 6.26. The monoisotopic (exact) mass is 274 g/mol. The molecule has 3 heteroatoms. The van der Waals surface area contributed by atoms with Crippen molar-refractivity contribution in [3.63, 3.8) is 0 Å². The van der Waals surface area contributed by atoms with Crippen LogP contribution in [0.3, 0.4) is 0 Å². The van der Waals surface area contributed by atoms with E-state index in [2.05, 4.69) is 31.4 Å². The summed E-state index contributed by atoms with van der Waals surface area (Å²) < 4.78 is 0. The second-order valence-electron chi connectivity index (χ2n) is 6.26. The number of aryl methyl sites for hydroxylation is 1. The van der Waals surface area contributed by atoms with Gasteiger partial charge in [0.1, 0.15) is 0 Å². The highest BCUT2D eigenvalue weighted by molar-refractivity contribution is 5.94.